The molecule has 1 aliphatic rings. The molecule has 1 fully saturated rings. The van der Waals surface area contributed by atoms with Crippen LogP contribution in [0.15, 0.2) is 64.4 Å². The van der Waals surface area contributed by atoms with E-state index in [-0.39, 0.29) is 11.8 Å². The van der Waals surface area contributed by atoms with Gasteiger partial charge in [-0.2, -0.15) is 4.31 Å². The number of methoxy groups -OCH3 is 1. The molecule has 4 heterocycles. The van der Waals surface area contributed by atoms with E-state index >= 15 is 0 Å². The second-order valence-corrected chi connectivity index (χ2v) is 12.3. The number of para-hydroxylation sites is 1. The Morgan fingerprint density at radius 2 is 1.91 bits per heavy atom. The minimum atomic E-state index is -3.52. The van der Waals surface area contributed by atoms with Crippen molar-refractivity contribution in [3.8, 4) is 5.75 Å². The molecule has 0 radical (unpaired) electrons. The maximum absolute atomic E-state index is 13.8. The number of piperidine rings is 1. The minimum Gasteiger partial charge on any atom is -0.494 e. The summed E-state index contributed by atoms with van der Waals surface area (Å²) in [6.07, 6.45) is 4.33. The molecule has 0 saturated carbocycles. The number of nitrogens with zero attached hydrogens (tertiary/aromatic N) is 4. The van der Waals surface area contributed by atoms with Crippen molar-refractivity contribution in [3.05, 3.63) is 65.8 Å². The van der Waals surface area contributed by atoms with E-state index < -0.39 is 10.0 Å². The minimum absolute atomic E-state index is 0.0481. The molecule has 8 nitrogen and oxygen atoms in total. The molecule has 4 aromatic rings. The van der Waals surface area contributed by atoms with Gasteiger partial charge in [-0.15, -0.1) is 11.3 Å². The van der Waals surface area contributed by atoms with Gasteiger partial charge in [-0.3, -0.25) is 14.7 Å². The van der Waals surface area contributed by atoms with Crippen LogP contribution in [0.4, 0.5) is 5.13 Å². The summed E-state index contributed by atoms with van der Waals surface area (Å²) in [5, 5.41) is 2.35. The van der Waals surface area contributed by atoms with Gasteiger partial charge in [0.05, 0.1) is 18.4 Å². The fourth-order valence-corrected chi connectivity index (χ4v) is 7.81. The summed E-state index contributed by atoms with van der Waals surface area (Å²) in [6, 6.07) is 12.8. The molecule has 3 aromatic heterocycles. The Morgan fingerprint density at radius 3 is 2.60 bits per heavy atom. The topological polar surface area (TPSA) is 92.7 Å². The zero-order chi connectivity index (χ0) is 24.4. The number of ether oxygens (including phenoxy) is 1. The number of benzene rings is 1. The van der Waals surface area contributed by atoms with Crippen molar-refractivity contribution in [2.75, 3.05) is 25.1 Å². The summed E-state index contributed by atoms with van der Waals surface area (Å²) < 4.78 is 34.0. The van der Waals surface area contributed by atoms with E-state index in [4.69, 9.17) is 9.72 Å². The number of carbonyl (C=O) groups excluding carboxylic acids is 1. The quantitative estimate of drug-likeness (QED) is 0.353. The van der Waals surface area contributed by atoms with Crippen LogP contribution in [0.25, 0.3) is 10.2 Å². The Kier molecular flexibility index (Phi) is 6.83. The Balaban J connectivity index is 1.40. The highest BCUT2D eigenvalue weighted by Gasteiger charge is 2.35. The fraction of sp³-hybridized carbons (Fsp3) is 0.292. The van der Waals surface area contributed by atoms with E-state index in [1.54, 1.807) is 41.9 Å². The van der Waals surface area contributed by atoms with Gasteiger partial charge in [0, 0.05) is 31.4 Å². The first-order chi connectivity index (χ1) is 17.0. The number of pyridine rings is 1. The average Bonchev–Trinajstić information content (AvgIpc) is 3.58. The number of hydrogen-bond donors (Lipinski definition) is 0. The molecule has 5 rings (SSSR count). The highest BCUT2D eigenvalue weighted by molar-refractivity contribution is 7.91. The maximum atomic E-state index is 13.8. The molecular weight excluding hydrogens is 504 g/mol. The smallest absolute Gasteiger partial charge is 0.252 e. The summed E-state index contributed by atoms with van der Waals surface area (Å²) in [7, 11) is -1.92. The highest BCUT2D eigenvalue weighted by Crippen LogP contribution is 2.36. The van der Waals surface area contributed by atoms with Gasteiger partial charge in [-0.25, -0.2) is 13.4 Å². The number of rotatable bonds is 7. The van der Waals surface area contributed by atoms with E-state index in [2.05, 4.69) is 4.98 Å². The highest BCUT2D eigenvalue weighted by atomic mass is 32.2. The third-order valence-corrected chi connectivity index (χ3v) is 10.4. The molecule has 0 aliphatic carbocycles. The molecule has 35 heavy (non-hydrogen) atoms. The molecule has 11 heteroatoms. The number of fused-ring (bicyclic) bond motifs is 1. The molecule has 1 amide bonds. The zero-order valence-corrected chi connectivity index (χ0v) is 21.5. The molecular formula is C24H24N4O4S3. The van der Waals surface area contributed by atoms with Gasteiger partial charge in [-0.05, 0) is 54.1 Å². The summed E-state index contributed by atoms with van der Waals surface area (Å²) in [5.74, 6) is 0.321. The van der Waals surface area contributed by atoms with Gasteiger partial charge in [0.25, 0.3) is 10.0 Å². The number of carbonyl (C=O) groups is 1. The number of hydrogen-bond acceptors (Lipinski definition) is 8. The molecule has 1 aromatic carbocycles. The molecule has 0 spiro atoms. The Labute approximate surface area is 211 Å². The number of sulfonamides is 1. The van der Waals surface area contributed by atoms with Crippen LogP contribution in [0.3, 0.4) is 0 Å². The lowest BCUT2D eigenvalue weighted by Crippen LogP contribution is -2.44. The number of thiazole rings is 1. The summed E-state index contributed by atoms with van der Waals surface area (Å²) in [5.41, 5.74) is 1.66. The largest absolute Gasteiger partial charge is 0.494 e. The first-order valence-electron chi connectivity index (χ1n) is 11.1. The van der Waals surface area contributed by atoms with E-state index in [1.165, 1.54) is 27.0 Å². The monoisotopic (exact) mass is 528 g/mol. The Morgan fingerprint density at radius 1 is 1.14 bits per heavy atom. The van der Waals surface area contributed by atoms with Crippen molar-refractivity contribution in [1.82, 2.24) is 14.3 Å². The predicted molar refractivity (Wildman–Crippen MR) is 137 cm³/mol. The van der Waals surface area contributed by atoms with Gasteiger partial charge in [0.15, 0.2) is 5.13 Å². The Hall–Kier alpha value is -2.86. The maximum Gasteiger partial charge on any atom is 0.252 e. The standard InChI is InChI=1S/C24H24N4O4S3/c1-32-19-4-2-5-20-22(19)26-24(34-20)28(16-17-7-11-25-12-8-17)23(29)18-9-13-27(14-10-18)35(30,31)21-6-3-15-33-21/h2-8,11-12,15,18H,9-10,13-14,16H2,1H3. The Bertz CT molecular complexity index is 1410. The zero-order valence-electron chi connectivity index (χ0n) is 19.0. The lowest BCUT2D eigenvalue weighted by Gasteiger charge is -2.32. The molecule has 1 aliphatic heterocycles. The lowest BCUT2D eigenvalue weighted by molar-refractivity contribution is -0.123. The number of amides is 1. The van der Waals surface area contributed by atoms with Gasteiger partial charge in [0.1, 0.15) is 15.5 Å². The van der Waals surface area contributed by atoms with Crippen LogP contribution in [0.1, 0.15) is 18.4 Å². The lowest BCUT2D eigenvalue weighted by atomic mass is 9.96. The van der Waals surface area contributed by atoms with Crippen LogP contribution in [0.5, 0.6) is 5.75 Å². The molecule has 182 valence electrons. The van der Waals surface area contributed by atoms with Gasteiger partial charge < -0.3 is 4.74 Å². The van der Waals surface area contributed by atoms with Crippen molar-refractivity contribution >= 4 is 54.0 Å². The molecule has 0 atom stereocenters. The normalized spacial score (nSPS) is 15.3. The second kappa shape index (κ2) is 10.0. The van der Waals surface area contributed by atoms with Crippen molar-refractivity contribution in [2.45, 2.75) is 23.6 Å². The number of anilines is 1. The molecule has 0 N–H and O–H groups in total. The third kappa shape index (κ3) is 4.81. The predicted octanol–water partition coefficient (Wildman–Crippen LogP) is 4.40. The first kappa shape index (κ1) is 23.9. The SMILES string of the molecule is COc1cccc2sc(N(Cc3ccncc3)C(=O)C3CCN(S(=O)(=O)c4cccs4)CC3)nc12. The van der Waals surface area contributed by atoms with Crippen molar-refractivity contribution in [1.29, 1.82) is 0 Å². The van der Waals surface area contributed by atoms with E-state index in [1.807, 2.05) is 30.3 Å². The average molecular weight is 529 g/mol. The van der Waals surface area contributed by atoms with Crippen LogP contribution in [-0.4, -0.2) is 48.8 Å². The number of thiophene rings is 1. The van der Waals surface area contributed by atoms with E-state index in [9.17, 15) is 13.2 Å². The third-order valence-electron chi connectivity index (χ3n) is 6.07. The van der Waals surface area contributed by atoms with Gasteiger partial charge >= 0.3 is 0 Å². The van der Waals surface area contributed by atoms with Gasteiger partial charge in [-0.1, -0.05) is 23.5 Å². The van der Waals surface area contributed by atoms with Crippen LogP contribution in [0, 0.1) is 5.92 Å². The second-order valence-electron chi connectivity index (χ2n) is 8.19. The van der Waals surface area contributed by atoms with Crippen molar-refractivity contribution < 1.29 is 17.9 Å². The summed E-state index contributed by atoms with van der Waals surface area (Å²) in [4.78, 5) is 24.4. The van der Waals surface area contributed by atoms with E-state index in [0.717, 1.165) is 15.8 Å². The molecule has 0 unspecified atom stereocenters. The number of aromatic nitrogens is 2. The van der Waals surface area contributed by atoms with Crippen LogP contribution in [-0.2, 0) is 21.4 Å². The van der Waals surface area contributed by atoms with Crippen LogP contribution in [0.2, 0.25) is 0 Å². The van der Waals surface area contributed by atoms with Crippen molar-refractivity contribution in [3.63, 3.8) is 0 Å². The first-order valence-corrected chi connectivity index (χ1v) is 14.3. The van der Waals surface area contributed by atoms with E-state index in [0.29, 0.717) is 47.6 Å². The summed E-state index contributed by atoms with van der Waals surface area (Å²) in [6.45, 7) is 0.984. The summed E-state index contributed by atoms with van der Waals surface area (Å²) >= 11 is 2.65. The molecule has 0 bridgehead atoms. The van der Waals surface area contributed by atoms with Crippen LogP contribution < -0.4 is 9.64 Å². The van der Waals surface area contributed by atoms with Crippen molar-refractivity contribution in [2.24, 2.45) is 5.92 Å². The fourth-order valence-electron chi connectivity index (χ4n) is 4.20. The van der Waals surface area contributed by atoms with Gasteiger partial charge in [0.2, 0.25) is 5.91 Å². The van der Waals surface area contributed by atoms with Crippen LogP contribution >= 0.6 is 22.7 Å². The molecule has 1 saturated heterocycles.